The van der Waals surface area contributed by atoms with Gasteiger partial charge in [0.15, 0.2) is 5.65 Å². The maximum absolute atomic E-state index is 11.9. The third-order valence-electron chi connectivity index (χ3n) is 2.66. The van der Waals surface area contributed by atoms with Crippen LogP contribution in [0.5, 0.6) is 0 Å². The van der Waals surface area contributed by atoms with Gasteiger partial charge in [-0.2, -0.15) is 0 Å². The summed E-state index contributed by atoms with van der Waals surface area (Å²) in [5.74, 6) is -0.0829. The van der Waals surface area contributed by atoms with E-state index in [-0.39, 0.29) is 5.91 Å². The number of carbonyl (C=O) groups excluding carboxylic acids is 1. The molecule has 3 aromatic heterocycles. The van der Waals surface area contributed by atoms with Crippen molar-refractivity contribution in [1.29, 1.82) is 0 Å². The molecule has 94 valence electrons. The SMILES string of the molecule is O=C(Cc1cccnc1)Nc1ccc2nncn2c1. The van der Waals surface area contributed by atoms with Crippen molar-refractivity contribution in [3.63, 3.8) is 0 Å². The third-order valence-corrected chi connectivity index (χ3v) is 2.66. The van der Waals surface area contributed by atoms with Gasteiger partial charge in [-0.1, -0.05) is 6.07 Å². The van der Waals surface area contributed by atoms with Crippen LogP contribution in [0, 0.1) is 0 Å². The van der Waals surface area contributed by atoms with Crippen molar-refractivity contribution in [2.24, 2.45) is 0 Å². The molecule has 0 saturated carbocycles. The van der Waals surface area contributed by atoms with Crippen molar-refractivity contribution in [2.45, 2.75) is 6.42 Å². The molecule has 0 unspecified atom stereocenters. The van der Waals surface area contributed by atoms with Crippen LogP contribution in [-0.4, -0.2) is 25.5 Å². The van der Waals surface area contributed by atoms with Crippen molar-refractivity contribution in [1.82, 2.24) is 19.6 Å². The second-order valence-electron chi connectivity index (χ2n) is 4.10. The summed E-state index contributed by atoms with van der Waals surface area (Å²) in [6.07, 6.45) is 7.03. The number of amides is 1. The molecule has 0 aliphatic heterocycles. The molecule has 3 aromatic rings. The molecule has 3 rings (SSSR count). The summed E-state index contributed by atoms with van der Waals surface area (Å²) in [5.41, 5.74) is 2.33. The average Bonchev–Trinajstić information content (AvgIpc) is 2.87. The van der Waals surface area contributed by atoms with Crippen LogP contribution in [0.4, 0.5) is 5.69 Å². The molecule has 0 spiro atoms. The van der Waals surface area contributed by atoms with Gasteiger partial charge in [0.1, 0.15) is 6.33 Å². The van der Waals surface area contributed by atoms with Crippen LogP contribution in [0.25, 0.3) is 5.65 Å². The zero-order valence-corrected chi connectivity index (χ0v) is 10.0. The standard InChI is InChI=1S/C13H11N5O/c19-13(6-10-2-1-5-14-7-10)16-11-3-4-12-17-15-9-18(12)8-11/h1-5,7-9H,6H2,(H,16,19). The van der Waals surface area contributed by atoms with E-state index in [2.05, 4.69) is 20.5 Å². The molecule has 19 heavy (non-hydrogen) atoms. The molecule has 3 heterocycles. The van der Waals surface area contributed by atoms with Gasteiger partial charge in [-0.15, -0.1) is 10.2 Å². The van der Waals surface area contributed by atoms with Crippen molar-refractivity contribution >= 4 is 17.2 Å². The first-order valence-electron chi connectivity index (χ1n) is 5.79. The van der Waals surface area contributed by atoms with E-state index in [1.54, 1.807) is 41.5 Å². The number of hydrogen-bond acceptors (Lipinski definition) is 4. The first-order valence-corrected chi connectivity index (χ1v) is 5.79. The van der Waals surface area contributed by atoms with Gasteiger partial charge in [0.2, 0.25) is 5.91 Å². The normalized spacial score (nSPS) is 10.5. The summed E-state index contributed by atoms with van der Waals surface area (Å²) in [5, 5.41) is 10.5. The summed E-state index contributed by atoms with van der Waals surface area (Å²) in [6, 6.07) is 7.28. The monoisotopic (exact) mass is 253 g/mol. The van der Waals surface area contributed by atoms with E-state index < -0.39 is 0 Å². The predicted molar refractivity (Wildman–Crippen MR) is 69.6 cm³/mol. The van der Waals surface area contributed by atoms with E-state index in [4.69, 9.17) is 0 Å². The number of pyridine rings is 2. The van der Waals surface area contributed by atoms with E-state index in [1.807, 2.05) is 12.1 Å². The number of carbonyl (C=O) groups is 1. The quantitative estimate of drug-likeness (QED) is 0.763. The topological polar surface area (TPSA) is 72.2 Å². The van der Waals surface area contributed by atoms with Crippen LogP contribution in [0.2, 0.25) is 0 Å². The largest absolute Gasteiger partial charge is 0.324 e. The Balaban J connectivity index is 1.72. The molecule has 0 radical (unpaired) electrons. The first-order chi connectivity index (χ1) is 9.31. The van der Waals surface area contributed by atoms with Gasteiger partial charge in [0.05, 0.1) is 12.1 Å². The van der Waals surface area contributed by atoms with Crippen LogP contribution < -0.4 is 5.32 Å². The summed E-state index contributed by atoms with van der Waals surface area (Å²) < 4.78 is 1.75. The van der Waals surface area contributed by atoms with Gasteiger partial charge in [-0.05, 0) is 23.8 Å². The lowest BCUT2D eigenvalue weighted by atomic mass is 10.2. The fraction of sp³-hybridized carbons (Fsp3) is 0.0769. The lowest BCUT2D eigenvalue weighted by Crippen LogP contribution is -2.14. The van der Waals surface area contributed by atoms with Crippen molar-refractivity contribution in [2.75, 3.05) is 5.32 Å². The Morgan fingerprint density at radius 2 is 2.26 bits per heavy atom. The van der Waals surface area contributed by atoms with Gasteiger partial charge in [-0.3, -0.25) is 14.2 Å². The van der Waals surface area contributed by atoms with E-state index in [9.17, 15) is 4.79 Å². The lowest BCUT2D eigenvalue weighted by Gasteiger charge is -2.05. The number of fused-ring (bicyclic) bond motifs is 1. The van der Waals surface area contributed by atoms with Gasteiger partial charge in [-0.25, -0.2) is 0 Å². The number of rotatable bonds is 3. The van der Waals surface area contributed by atoms with Gasteiger partial charge >= 0.3 is 0 Å². The fourth-order valence-electron chi connectivity index (χ4n) is 1.79. The van der Waals surface area contributed by atoms with Crippen LogP contribution in [-0.2, 0) is 11.2 Å². The maximum atomic E-state index is 11.9. The lowest BCUT2D eigenvalue weighted by molar-refractivity contribution is -0.115. The van der Waals surface area contributed by atoms with Gasteiger partial charge < -0.3 is 5.32 Å². The highest BCUT2D eigenvalue weighted by molar-refractivity contribution is 5.92. The molecule has 0 bridgehead atoms. The van der Waals surface area contributed by atoms with Crippen LogP contribution >= 0.6 is 0 Å². The highest BCUT2D eigenvalue weighted by Gasteiger charge is 2.05. The summed E-state index contributed by atoms with van der Waals surface area (Å²) in [7, 11) is 0. The molecule has 0 aliphatic carbocycles. The number of anilines is 1. The van der Waals surface area contributed by atoms with E-state index in [1.165, 1.54) is 0 Å². The first kappa shape index (κ1) is 11.3. The minimum absolute atomic E-state index is 0.0829. The van der Waals surface area contributed by atoms with Crippen molar-refractivity contribution in [3.8, 4) is 0 Å². The predicted octanol–water partition coefficient (Wildman–Crippen LogP) is 1.31. The summed E-state index contributed by atoms with van der Waals surface area (Å²) in [4.78, 5) is 15.9. The second-order valence-corrected chi connectivity index (χ2v) is 4.10. The van der Waals surface area contributed by atoms with Crippen LogP contribution in [0.1, 0.15) is 5.56 Å². The summed E-state index contributed by atoms with van der Waals surface area (Å²) >= 11 is 0. The van der Waals surface area contributed by atoms with Crippen molar-refractivity contribution in [3.05, 3.63) is 54.7 Å². The third kappa shape index (κ3) is 2.57. The van der Waals surface area contributed by atoms with Gasteiger partial charge in [0, 0.05) is 18.6 Å². The Morgan fingerprint density at radius 1 is 1.32 bits per heavy atom. The minimum atomic E-state index is -0.0829. The number of nitrogens with one attached hydrogen (secondary N) is 1. The number of hydrogen-bond donors (Lipinski definition) is 1. The molecule has 6 heteroatoms. The maximum Gasteiger partial charge on any atom is 0.228 e. The molecule has 0 aliphatic rings. The zero-order valence-electron chi connectivity index (χ0n) is 10.0. The Kier molecular flexibility index (Phi) is 2.89. The smallest absolute Gasteiger partial charge is 0.228 e. The molecular weight excluding hydrogens is 242 g/mol. The van der Waals surface area contributed by atoms with Crippen molar-refractivity contribution < 1.29 is 4.79 Å². The number of nitrogens with zero attached hydrogens (tertiary/aromatic N) is 4. The van der Waals surface area contributed by atoms with Gasteiger partial charge in [0.25, 0.3) is 0 Å². The van der Waals surface area contributed by atoms with Crippen LogP contribution in [0.3, 0.4) is 0 Å². The van der Waals surface area contributed by atoms with E-state index in [0.717, 1.165) is 11.2 Å². The Hall–Kier alpha value is -2.76. The zero-order chi connectivity index (χ0) is 13.1. The van der Waals surface area contributed by atoms with E-state index in [0.29, 0.717) is 12.1 Å². The molecule has 0 saturated heterocycles. The second kappa shape index (κ2) is 4.85. The summed E-state index contributed by atoms with van der Waals surface area (Å²) in [6.45, 7) is 0. The molecule has 6 nitrogen and oxygen atoms in total. The highest BCUT2D eigenvalue weighted by atomic mass is 16.1. The molecule has 0 fully saturated rings. The average molecular weight is 253 g/mol. The number of aromatic nitrogens is 4. The fourth-order valence-corrected chi connectivity index (χ4v) is 1.79. The molecule has 1 N–H and O–H groups in total. The molecule has 1 amide bonds. The molecular formula is C13H11N5O. The Bertz CT molecular complexity index is 707. The minimum Gasteiger partial charge on any atom is -0.324 e. The molecule has 0 atom stereocenters. The van der Waals surface area contributed by atoms with Crippen LogP contribution in [0.15, 0.2) is 49.2 Å². The highest BCUT2D eigenvalue weighted by Crippen LogP contribution is 2.09. The Morgan fingerprint density at radius 3 is 3.11 bits per heavy atom. The van der Waals surface area contributed by atoms with E-state index >= 15 is 0 Å². The molecule has 0 aromatic carbocycles. The Labute approximate surface area is 109 Å².